The Kier molecular flexibility index (Phi) is 5.73. The van der Waals surface area contributed by atoms with Crippen molar-refractivity contribution in [2.75, 3.05) is 6.61 Å². The summed E-state index contributed by atoms with van der Waals surface area (Å²) in [5.41, 5.74) is -3.56. The highest BCUT2D eigenvalue weighted by Crippen LogP contribution is 2.37. The number of carbonyl (C=O) groups excluding carboxylic acids is 1. The Morgan fingerprint density at radius 3 is 2.43 bits per heavy atom. The minimum Gasteiger partial charge on any atom is -0.461 e. The van der Waals surface area contributed by atoms with Gasteiger partial charge < -0.3 is 9.26 Å². The second kappa shape index (κ2) is 7.96. The fourth-order valence-electron chi connectivity index (χ4n) is 2.89. The molecule has 0 saturated heterocycles. The minimum absolute atomic E-state index is 0.000932. The van der Waals surface area contributed by atoms with Crippen LogP contribution in [0.4, 0.5) is 26.3 Å². The molecule has 160 valence electrons. The number of carbonyl (C=O) groups is 1. The molecule has 0 spiro atoms. The van der Waals surface area contributed by atoms with Crippen LogP contribution in [0.2, 0.25) is 0 Å². The molecular weight excluding hydrogens is 418 g/mol. The third-order valence-corrected chi connectivity index (χ3v) is 4.21. The minimum atomic E-state index is -4.93. The number of hydrogen-bond donors (Lipinski definition) is 0. The quantitative estimate of drug-likeness (QED) is 0.409. The van der Waals surface area contributed by atoms with Crippen molar-refractivity contribution in [2.45, 2.75) is 32.1 Å². The summed E-state index contributed by atoms with van der Waals surface area (Å²) in [5.74, 6) is -0.556. The molecule has 0 radical (unpaired) electrons. The number of halogens is 6. The molecule has 0 aliphatic heterocycles. The number of rotatable bonds is 5. The standard InChI is InChI=1S/C19H14F6N2O3/c1-2-29-17(28)14-9-11(30-27-14)7-6-10-8-15(19(23,24)25)26-16-12(10)4-3-5-13(16)18(20,21)22/h3-5,8-9H,2,6-7H2,1H3. The van der Waals surface area contributed by atoms with E-state index >= 15 is 0 Å². The van der Waals surface area contributed by atoms with Gasteiger partial charge in [-0.3, -0.25) is 0 Å². The number of alkyl halides is 6. The maximum atomic E-state index is 13.3. The van der Waals surface area contributed by atoms with Crippen LogP contribution in [0.1, 0.15) is 40.0 Å². The molecule has 0 fully saturated rings. The third kappa shape index (κ3) is 4.55. The van der Waals surface area contributed by atoms with Crippen LogP contribution in [-0.4, -0.2) is 22.7 Å². The predicted octanol–water partition coefficient (Wildman–Crippen LogP) is 5.22. The van der Waals surface area contributed by atoms with Crippen LogP contribution in [0.5, 0.6) is 0 Å². The summed E-state index contributed by atoms with van der Waals surface area (Å²) >= 11 is 0. The van der Waals surface area contributed by atoms with Gasteiger partial charge in [0, 0.05) is 17.9 Å². The number of fused-ring (bicyclic) bond motifs is 1. The first-order valence-corrected chi connectivity index (χ1v) is 8.70. The van der Waals surface area contributed by atoms with E-state index in [0.717, 1.165) is 6.07 Å². The maximum absolute atomic E-state index is 13.3. The maximum Gasteiger partial charge on any atom is 0.433 e. The Morgan fingerprint density at radius 1 is 1.07 bits per heavy atom. The highest BCUT2D eigenvalue weighted by Gasteiger charge is 2.37. The van der Waals surface area contributed by atoms with Gasteiger partial charge in [0.2, 0.25) is 0 Å². The van der Waals surface area contributed by atoms with E-state index in [-0.39, 0.29) is 41.9 Å². The molecule has 0 saturated carbocycles. The summed E-state index contributed by atoms with van der Waals surface area (Å²) in [6, 6.07) is 5.05. The second-order valence-electron chi connectivity index (χ2n) is 6.26. The predicted molar refractivity (Wildman–Crippen MR) is 91.6 cm³/mol. The molecule has 2 aromatic heterocycles. The van der Waals surface area contributed by atoms with Gasteiger partial charge in [-0.2, -0.15) is 26.3 Å². The summed E-state index contributed by atoms with van der Waals surface area (Å²) in [4.78, 5) is 14.8. The van der Waals surface area contributed by atoms with E-state index in [4.69, 9.17) is 9.26 Å². The zero-order valence-corrected chi connectivity index (χ0v) is 15.4. The molecule has 2 heterocycles. The molecule has 0 N–H and O–H groups in total. The van der Waals surface area contributed by atoms with E-state index in [9.17, 15) is 31.1 Å². The first-order valence-electron chi connectivity index (χ1n) is 8.70. The van der Waals surface area contributed by atoms with Gasteiger partial charge in [-0.1, -0.05) is 17.3 Å². The molecule has 0 amide bonds. The lowest BCUT2D eigenvalue weighted by atomic mass is 9.99. The Bertz CT molecular complexity index is 1070. The lowest BCUT2D eigenvalue weighted by Crippen LogP contribution is -2.13. The molecule has 0 atom stereocenters. The van der Waals surface area contributed by atoms with Gasteiger partial charge in [0.05, 0.1) is 17.7 Å². The van der Waals surface area contributed by atoms with Gasteiger partial charge in [-0.25, -0.2) is 9.78 Å². The smallest absolute Gasteiger partial charge is 0.433 e. The van der Waals surface area contributed by atoms with Crippen LogP contribution < -0.4 is 0 Å². The van der Waals surface area contributed by atoms with Crippen molar-refractivity contribution in [3.8, 4) is 0 Å². The van der Waals surface area contributed by atoms with Gasteiger partial charge in [0.1, 0.15) is 11.5 Å². The molecule has 11 heteroatoms. The molecular formula is C19H14F6N2O3. The van der Waals surface area contributed by atoms with Crippen LogP contribution in [-0.2, 0) is 29.9 Å². The number of nitrogens with zero attached hydrogens (tertiary/aromatic N) is 2. The summed E-state index contributed by atoms with van der Waals surface area (Å²) in [5, 5.41) is 3.47. The molecule has 1 aromatic carbocycles. The summed E-state index contributed by atoms with van der Waals surface area (Å²) in [6.45, 7) is 1.71. The number of esters is 1. The fourth-order valence-corrected chi connectivity index (χ4v) is 2.89. The molecule has 30 heavy (non-hydrogen) atoms. The van der Waals surface area contributed by atoms with Crippen molar-refractivity contribution in [3.05, 3.63) is 58.6 Å². The molecule has 3 rings (SSSR count). The van der Waals surface area contributed by atoms with Crippen molar-refractivity contribution in [3.63, 3.8) is 0 Å². The zero-order chi connectivity index (χ0) is 22.1. The number of hydrogen-bond acceptors (Lipinski definition) is 5. The summed E-state index contributed by atoms with van der Waals surface area (Å²) in [6.07, 6.45) is -9.89. The topological polar surface area (TPSA) is 65.2 Å². The lowest BCUT2D eigenvalue weighted by molar-refractivity contribution is -0.142. The number of para-hydroxylation sites is 1. The van der Waals surface area contributed by atoms with Crippen LogP contribution in [0.3, 0.4) is 0 Å². The van der Waals surface area contributed by atoms with Gasteiger partial charge in [0.15, 0.2) is 5.69 Å². The normalized spacial score (nSPS) is 12.4. The third-order valence-electron chi connectivity index (χ3n) is 4.21. The van der Waals surface area contributed by atoms with E-state index < -0.39 is 35.1 Å². The van der Waals surface area contributed by atoms with E-state index in [2.05, 4.69) is 10.1 Å². The fraction of sp³-hybridized carbons (Fsp3) is 0.316. The van der Waals surface area contributed by atoms with Crippen molar-refractivity contribution in [2.24, 2.45) is 0 Å². The Balaban J connectivity index is 2.00. The van der Waals surface area contributed by atoms with Crippen LogP contribution >= 0.6 is 0 Å². The van der Waals surface area contributed by atoms with Crippen LogP contribution in [0.25, 0.3) is 10.9 Å². The van der Waals surface area contributed by atoms with Gasteiger partial charge in [0.25, 0.3) is 0 Å². The number of aromatic nitrogens is 2. The molecule has 0 aliphatic rings. The first kappa shape index (κ1) is 21.6. The molecule has 0 unspecified atom stereocenters. The van der Waals surface area contributed by atoms with Crippen molar-refractivity contribution < 1.29 is 40.4 Å². The number of pyridine rings is 1. The van der Waals surface area contributed by atoms with Crippen molar-refractivity contribution in [1.82, 2.24) is 10.1 Å². The molecule has 5 nitrogen and oxygen atoms in total. The summed E-state index contributed by atoms with van der Waals surface area (Å²) in [7, 11) is 0. The monoisotopic (exact) mass is 432 g/mol. The van der Waals surface area contributed by atoms with Crippen LogP contribution in [0, 0.1) is 0 Å². The lowest BCUT2D eigenvalue weighted by Gasteiger charge is -2.15. The number of aryl methyl sites for hydroxylation is 2. The van der Waals surface area contributed by atoms with Gasteiger partial charge in [-0.05, 0) is 31.0 Å². The average molecular weight is 432 g/mol. The second-order valence-corrected chi connectivity index (χ2v) is 6.26. The highest BCUT2D eigenvalue weighted by molar-refractivity contribution is 5.87. The number of ether oxygens (including phenoxy) is 1. The van der Waals surface area contributed by atoms with Crippen LogP contribution in [0.15, 0.2) is 34.9 Å². The molecule has 3 aromatic rings. The first-order chi connectivity index (χ1) is 14.0. The van der Waals surface area contributed by atoms with Gasteiger partial charge in [-0.15, -0.1) is 0 Å². The van der Waals surface area contributed by atoms with E-state index in [1.54, 1.807) is 6.92 Å². The Morgan fingerprint density at radius 2 is 1.80 bits per heavy atom. The average Bonchev–Trinajstić information content (AvgIpc) is 3.13. The SMILES string of the molecule is CCOC(=O)c1cc(CCc2cc(C(F)(F)F)nc3c(C(F)(F)F)cccc23)on1. The van der Waals surface area contributed by atoms with E-state index in [1.165, 1.54) is 12.1 Å². The molecule has 0 bridgehead atoms. The number of benzene rings is 1. The molecule has 0 aliphatic carbocycles. The Hall–Kier alpha value is -3.11. The van der Waals surface area contributed by atoms with Gasteiger partial charge >= 0.3 is 18.3 Å². The summed E-state index contributed by atoms with van der Waals surface area (Å²) < 4.78 is 89.3. The Labute approximate surface area is 165 Å². The highest BCUT2D eigenvalue weighted by atomic mass is 19.4. The van der Waals surface area contributed by atoms with E-state index in [1.807, 2.05) is 0 Å². The zero-order valence-electron chi connectivity index (χ0n) is 15.4. The largest absolute Gasteiger partial charge is 0.461 e. The van der Waals surface area contributed by atoms with Crippen molar-refractivity contribution >= 4 is 16.9 Å². The van der Waals surface area contributed by atoms with E-state index in [0.29, 0.717) is 12.1 Å². The van der Waals surface area contributed by atoms with Crippen molar-refractivity contribution in [1.29, 1.82) is 0 Å².